The summed E-state index contributed by atoms with van der Waals surface area (Å²) < 4.78 is 21.7. The topological polar surface area (TPSA) is 92.0 Å². The Labute approximate surface area is 178 Å². The average Bonchev–Trinajstić information content (AvgIpc) is 2.76. The van der Waals surface area contributed by atoms with Crippen LogP contribution < -0.4 is 19.8 Å². The molecule has 0 N–H and O–H groups in total. The summed E-state index contributed by atoms with van der Waals surface area (Å²) in [5.41, 5.74) is -0.559. The zero-order valence-electron chi connectivity index (χ0n) is 17.3. The van der Waals surface area contributed by atoms with Crippen LogP contribution in [-0.2, 0) is 4.79 Å². The highest BCUT2D eigenvalue weighted by molar-refractivity contribution is 5.97. The van der Waals surface area contributed by atoms with E-state index in [2.05, 4.69) is 0 Å². The maximum Gasteiger partial charge on any atom is 0.383 e. The van der Waals surface area contributed by atoms with Gasteiger partial charge < -0.3 is 18.6 Å². The van der Waals surface area contributed by atoms with Crippen molar-refractivity contribution in [3.63, 3.8) is 0 Å². The number of hydrogen-bond acceptors (Lipinski definition) is 7. The summed E-state index contributed by atoms with van der Waals surface area (Å²) >= 11 is 0. The molecule has 3 aromatic rings. The van der Waals surface area contributed by atoms with Crippen molar-refractivity contribution >= 4 is 22.9 Å². The predicted octanol–water partition coefficient (Wildman–Crippen LogP) is 4.67. The lowest BCUT2D eigenvalue weighted by Crippen LogP contribution is -2.15. The van der Waals surface area contributed by atoms with Crippen LogP contribution in [0.15, 0.2) is 69.9 Å². The predicted molar refractivity (Wildman–Crippen MR) is 115 cm³/mol. The maximum absolute atomic E-state index is 12.7. The number of ether oxygens (including phenoxy) is 3. The summed E-state index contributed by atoms with van der Waals surface area (Å²) in [6, 6.07) is 13.0. The number of para-hydroxylation sites is 1. The summed E-state index contributed by atoms with van der Waals surface area (Å²) in [6.07, 6.45) is 5.35. The summed E-state index contributed by atoms with van der Waals surface area (Å²) in [5, 5.41) is 0.265. The first-order valence-corrected chi connectivity index (χ1v) is 9.84. The second kappa shape index (κ2) is 10.2. The van der Waals surface area contributed by atoms with Gasteiger partial charge in [0.25, 0.3) is 0 Å². The lowest BCUT2D eigenvalue weighted by molar-refractivity contribution is -0.131. The first-order chi connectivity index (χ1) is 15.0. The van der Waals surface area contributed by atoms with Crippen molar-refractivity contribution in [2.24, 2.45) is 0 Å². The van der Waals surface area contributed by atoms with Crippen LogP contribution in [0.2, 0.25) is 0 Å². The van der Waals surface area contributed by atoms with Crippen molar-refractivity contribution in [3.8, 4) is 17.2 Å². The zero-order chi connectivity index (χ0) is 22.2. The minimum Gasteiger partial charge on any atom is -0.484 e. The molecule has 7 nitrogen and oxygen atoms in total. The van der Waals surface area contributed by atoms with Crippen molar-refractivity contribution in [2.75, 3.05) is 6.61 Å². The molecule has 3 rings (SSSR count). The Balaban J connectivity index is 2.07. The fourth-order valence-electron chi connectivity index (χ4n) is 2.85. The zero-order valence-corrected chi connectivity index (χ0v) is 17.3. The first-order valence-electron chi connectivity index (χ1n) is 9.84. The molecule has 0 atom stereocenters. The summed E-state index contributed by atoms with van der Waals surface area (Å²) in [4.78, 5) is 36.8. The van der Waals surface area contributed by atoms with Gasteiger partial charge in [0.15, 0.2) is 17.1 Å². The first kappa shape index (κ1) is 21.8. The number of esters is 2. The van der Waals surface area contributed by atoms with Gasteiger partial charge >= 0.3 is 17.6 Å². The van der Waals surface area contributed by atoms with Gasteiger partial charge in [-0.1, -0.05) is 43.3 Å². The second-order valence-corrected chi connectivity index (χ2v) is 6.55. The quantitative estimate of drug-likeness (QED) is 0.171. The van der Waals surface area contributed by atoms with Gasteiger partial charge in [-0.3, -0.25) is 4.79 Å². The molecule has 7 heteroatoms. The molecule has 0 saturated heterocycles. The van der Waals surface area contributed by atoms with E-state index in [1.165, 1.54) is 13.0 Å². The van der Waals surface area contributed by atoms with E-state index in [0.717, 1.165) is 6.42 Å². The molecule has 31 heavy (non-hydrogen) atoms. The Morgan fingerprint density at radius 1 is 0.968 bits per heavy atom. The molecular weight excluding hydrogens is 400 g/mol. The highest BCUT2D eigenvalue weighted by Gasteiger charge is 2.23. The Kier molecular flexibility index (Phi) is 7.22. The number of rotatable bonds is 8. The number of carbonyl (C=O) groups excluding carboxylic acids is 2. The molecule has 0 fully saturated rings. The summed E-state index contributed by atoms with van der Waals surface area (Å²) in [7, 11) is 0. The molecule has 1 aromatic heterocycles. The van der Waals surface area contributed by atoms with E-state index >= 15 is 0 Å². The number of benzene rings is 2. The highest BCUT2D eigenvalue weighted by Crippen LogP contribution is 2.37. The van der Waals surface area contributed by atoms with Gasteiger partial charge in [-0.2, -0.15) is 0 Å². The van der Waals surface area contributed by atoms with E-state index < -0.39 is 17.6 Å². The Morgan fingerprint density at radius 2 is 1.74 bits per heavy atom. The molecule has 0 aliphatic heterocycles. The van der Waals surface area contributed by atoms with Crippen molar-refractivity contribution in [3.05, 3.63) is 76.7 Å². The molecule has 160 valence electrons. The molecule has 0 aliphatic carbocycles. The van der Waals surface area contributed by atoms with Gasteiger partial charge in [-0.05, 0) is 37.1 Å². The molecule has 0 aliphatic rings. The van der Waals surface area contributed by atoms with E-state index in [1.807, 2.05) is 19.1 Å². The van der Waals surface area contributed by atoms with Crippen molar-refractivity contribution in [1.82, 2.24) is 0 Å². The van der Waals surface area contributed by atoms with E-state index in [-0.39, 0.29) is 34.8 Å². The summed E-state index contributed by atoms with van der Waals surface area (Å²) in [6.45, 7) is 3.43. The van der Waals surface area contributed by atoms with E-state index in [1.54, 1.807) is 42.5 Å². The molecule has 2 aromatic carbocycles. The maximum atomic E-state index is 12.7. The number of carbonyl (C=O) groups is 2. The lowest BCUT2D eigenvalue weighted by atomic mass is 10.2. The molecule has 0 spiro atoms. The third-order valence-corrected chi connectivity index (χ3v) is 4.20. The van der Waals surface area contributed by atoms with E-state index in [9.17, 15) is 14.4 Å². The normalized spacial score (nSPS) is 10.9. The van der Waals surface area contributed by atoms with Gasteiger partial charge in [0, 0.05) is 6.92 Å². The minimum absolute atomic E-state index is 0.0169. The molecule has 0 amide bonds. The van der Waals surface area contributed by atoms with Gasteiger partial charge in [0.2, 0.25) is 5.75 Å². The SMILES string of the molecule is CCC=CCCOc1c(OC(=O)c2ccccc2)c2cccc(OC(C)=O)c2oc1=O. The molecule has 0 unspecified atom stereocenters. The van der Waals surface area contributed by atoms with E-state index in [0.29, 0.717) is 12.0 Å². The van der Waals surface area contributed by atoms with Crippen LogP contribution in [0.5, 0.6) is 17.2 Å². The summed E-state index contributed by atoms with van der Waals surface area (Å²) in [5.74, 6) is -1.52. The number of fused-ring (bicyclic) bond motifs is 1. The van der Waals surface area contributed by atoms with E-state index in [4.69, 9.17) is 18.6 Å². The van der Waals surface area contributed by atoms with Crippen LogP contribution in [0, 0.1) is 0 Å². The van der Waals surface area contributed by atoms with Crippen LogP contribution in [0.4, 0.5) is 0 Å². The van der Waals surface area contributed by atoms with Crippen molar-refractivity contribution in [1.29, 1.82) is 0 Å². The molecule has 1 heterocycles. The smallest absolute Gasteiger partial charge is 0.383 e. The van der Waals surface area contributed by atoms with Gasteiger partial charge in [0.1, 0.15) is 0 Å². The average molecular weight is 422 g/mol. The lowest BCUT2D eigenvalue weighted by Gasteiger charge is -2.13. The Hall–Kier alpha value is -3.87. The molecular formula is C24H22O7. The Bertz CT molecular complexity index is 1160. The minimum atomic E-state index is -0.845. The molecule has 0 radical (unpaired) electrons. The third kappa shape index (κ3) is 5.39. The van der Waals surface area contributed by atoms with Gasteiger partial charge in [-0.15, -0.1) is 0 Å². The van der Waals surface area contributed by atoms with Crippen molar-refractivity contribution < 1.29 is 28.2 Å². The van der Waals surface area contributed by atoms with Crippen molar-refractivity contribution in [2.45, 2.75) is 26.7 Å². The highest BCUT2D eigenvalue weighted by atomic mass is 16.6. The molecule has 0 bridgehead atoms. The fraction of sp³-hybridized carbons (Fsp3) is 0.208. The fourth-order valence-corrected chi connectivity index (χ4v) is 2.85. The Morgan fingerprint density at radius 3 is 2.45 bits per heavy atom. The van der Waals surface area contributed by atoms with Gasteiger partial charge in [0.05, 0.1) is 17.6 Å². The van der Waals surface area contributed by atoms with Gasteiger partial charge in [-0.25, -0.2) is 9.59 Å². The second-order valence-electron chi connectivity index (χ2n) is 6.55. The monoisotopic (exact) mass is 422 g/mol. The van der Waals surface area contributed by atoms with Crippen LogP contribution in [0.25, 0.3) is 11.0 Å². The van der Waals surface area contributed by atoms with Crippen LogP contribution in [0.1, 0.15) is 37.0 Å². The van der Waals surface area contributed by atoms with Crippen LogP contribution in [-0.4, -0.2) is 18.5 Å². The molecule has 0 saturated carbocycles. The number of allylic oxidation sites excluding steroid dienone is 1. The van der Waals surface area contributed by atoms with Crippen LogP contribution in [0.3, 0.4) is 0 Å². The number of hydrogen-bond donors (Lipinski definition) is 0. The van der Waals surface area contributed by atoms with Crippen LogP contribution >= 0.6 is 0 Å². The third-order valence-electron chi connectivity index (χ3n) is 4.20. The largest absolute Gasteiger partial charge is 0.484 e. The standard InChI is InChI=1S/C24H22O7/c1-3-4-5-9-15-28-22-21(31-23(26)17-11-7-6-8-12-17)18-13-10-14-19(29-16(2)25)20(18)30-24(22)27/h4-8,10-14H,3,9,15H2,1-2H3.